The van der Waals surface area contributed by atoms with Crippen molar-refractivity contribution < 1.29 is 9.53 Å². The second-order valence-corrected chi connectivity index (χ2v) is 5.10. The smallest absolute Gasteiger partial charge is 0.411 e. The Morgan fingerprint density at radius 1 is 1.47 bits per heavy atom. The lowest BCUT2D eigenvalue weighted by molar-refractivity contribution is 0.168. The standard InChI is InChI=1S/C12H15Br2NO2/c1-2-17-12(16)15-11-6-5-9(4-3-7-13)8-10(11)14/h5-6,8H,2-4,7H2,1H3,(H,15,16). The van der Waals surface area contributed by atoms with Gasteiger partial charge in [-0.2, -0.15) is 0 Å². The number of hydrogen-bond acceptors (Lipinski definition) is 2. The SMILES string of the molecule is CCOC(=O)Nc1ccc(CCCBr)cc1Br. The van der Waals surface area contributed by atoms with E-state index >= 15 is 0 Å². The minimum atomic E-state index is -0.429. The lowest BCUT2D eigenvalue weighted by Gasteiger charge is -2.08. The van der Waals surface area contributed by atoms with Crippen molar-refractivity contribution in [1.29, 1.82) is 0 Å². The lowest BCUT2D eigenvalue weighted by Crippen LogP contribution is -2.13. The average Bonchev–Trinajstić information content (AvgIpc) is 2.30. The Morgan fingerprint density at radius 3 is 2.82 bits per heavy atom. The van der Waals surface area contributed by atoms with Gasteiger partial charge in [-0.3, -0.25) is 5.32 Å². The molecule has 0 fully saturated rings. The molecule has 17 heavy (non-hydrogen) atoms. The number of rotatable bonds is 5. The molecular formula is C12H15Br2NO2. The third kappa shape index (κ3) is 5.08. The average molecular weight is 365 g/mol. The lowest BCUT2D eigenvalue weighted by atomic mass is 10.1. The first-order chi connectivity index (χ1) is 8.17. The highest BCUT2D eigenvalue weighted by atomic mass is 79.9. The summed E-state index contributed by atoms with van der Waals surface area (Å²) in [6, 6.07) is 5.91. The molecule has 0 unspecified atom stereocenters. The van der Waals surface area contributed by atoms with E-state index in [0.29, 0.717) is 6.61 Å². The molecular weight excluding hydrogens is 350 g/mol. The number of anilines is 1. The zero-order valence-corrected chi connectivity index (χ0v) is 12.8. The minimum absolute atomic E-state index is 0.368. The highest BCUT2D eigenvalue weighted by molar-refractivity contribution is 9.10. The van der Waals surface area contributed by atoms with Gasteiger partial charge in [-0.05, 0) is 53.4 Å². The maximum absolute atomic E-state index is 11.3. The normalized spacial score (nSPS) is 10.1. The van der Waals surface area contributed by atoms with E-state index in [4.69, 9.17) is 4.74 Å². The Morgan fingerprint density at radius 2 is 2.24 bits per heavy atom. The van der Waals surface area contributed by atoms with Crippen LogP contribution in [0.3, 0.4) is 0 Å². The van der Waals surface area contributed by atoms with Crippen LogP contribution in [0.1, 0.15) is 18.9 Å². The van der Waals surface area contributed by atoms with Crippen molar-refractivity contribution in [2.24, 2.45) is 0 Å². The van der Waals surface area contributed by atoms with Gasteiger partial charge < -0.3 is 4.74 Å². The number of aryl methyl sites for hydroxylation is 1. The van der Waals surface area contributed by atoms with Gasteiger partial charge in [-0.15, -0.1) is 0 Å². The van der Waals surface area contributed by atoms with E-state index in [2.05, 4.69) is 37.2 Å². The van der Waals surface area contributed by atoms with Gasteiger partial charge in [0.1, 0.15) is 0 Å². The summed E-state index contributed by atoms with van der Waals surface area (Å²) in [5.41, 5.74) is 1.97. The third-order valence-electron chi connectivity index (χ3n) is 2.14. The summed E-state index contributed by atoms with van der Waals surface area (Å²) in [6.45, 7) is 2.14. The number of benzene rings is 1. The molecule has 0 aliphatic rings. The van der Waals surface area contributed by atoms with E-state index in [9.17, 15) is 4.79 Å². The zero-order chi connectivity index (χ0) is 12.7. The fraction of sp³-hybridized carbons (Fsp3) is 0.417. The van der Waals surface area contributed by atoms with Crippen LogP contribution in [0.25, 0.3) is 0 Å². The number of ether oxygens (including phenoxy) is 1. The molecule has 0 aliphatic heterocycles. The van der Waals surface area contributed by atoms with E-state index in [1.165, 1.54) is 5.56 Å². The van der Waals surface area contributed by atoms with Crippen LogP contribution in [-0.4, -0.2) is 18.0 Å². The van der Waals surface area contributed by atoms with Crippen molar-refractivity contribution in [2.45, 2.75) is 19.8 Å². The predicted octanol–water partition coefficient (Wildman–Crippen LogP) is 4.35. The van der Waals surface area contributed by atoms with E-state index in [1.54, 1.807) is 6.92 Å². The molecule has 0 spiro atoms. The largest absolute Gasteiger partial charge is 0.450 e. The second kappa shape index (κ2) is 7.71. The van der Waals surface area contributed by atoms with Gasteiger partial charge in [-0.25, -0.2) is 4.79 Å². The Bertz CT molecular complexity index is 383. The van der Waals surface area contributed by atoms with Crippen LogP contribution in [0.15, 0.2) is 22.7 Å². The highest BCUT2D eigenvalue weighted by Crippen LogP contribution is 2.24. The number of amides is 1. The summed E-state index contributed by atoms with van der Waals surface area (Å²) in [5, 5.41) is 3.67. The Labute approximate surface area is 118 Å². The number of halogens is 2. The molecule has 1 aromatic rings. The predicted molar refractivity (Wildman–Crippen MR) is 76.9 cm³/mol. The summed E-state index contributed by atoms with van der Waals surface area (Å²) in [5.74, 6) is 0. The minimum Gasteiger partial charge on any atom is -0.450 e. The Balaban J connectivity index is 2.65. The summed E-state index contributed by atoms with van der Waals surface area (Å²) >= 11 is 6.84. The molecule has 3 nitrogen and oxygen atoms in total. The molecule has 0 radical (unpaired) electrons. The van der Waals surface area contributed by atoms with Crippen molar-refractivity contribution in [3.63, 3.8) is 0 Å². The number of carbonyl (C=O) groups excluding carboxylic acids is 1. The van der Waals surface area contributed by atoms with Gasteiger partial charge in [0, 0.05) is 9.80 Å². The number of nitrogens with one attached hydrogen (secondary N) is 1. The molecule has 1 rings (SSSR count). The molecule has 0 saturated carbocycles. The molecule has 5 heteroatoms. The van der Waals surface area contributed by atoms with E-state index in [-0.39, 0.29) is 0 Å². The molecule has 0 saturated heterocycles. The number of alkyl halides is 1. The third-order valence-corrected chi connectivity index (χ3v) is 3.36. The fourth-order valence-electron chi connectivity index (χ4n) is 1.36. The van der Waals surface area contributed by atoms with Crippen LogP contribution < -0.4 is 5.32 Å². The van der Waals surface area contributed by atoms with E-state index in [0.717, 1.165) is 28.3 Å². The van der Waals surface area contributed by atoms with Crippen LogP contribution in [0.4, 0.5) is 10.5 Å². The van der Waals surface area contributed by atoms with Gasteiger partial charge in [0.05, 0.1) is 12.3 Å². The molecule has 1 aromatic carbocycles. The van der Waals surface area contributed by atoms with Gasteiger partial charge in [-0.1, -0.05) is 22.0 Å². The molecule has 1 N–H and O–H groups in total. The van der Waals surface area contributed by atoms with Crippen molar-refractivity contribution in [2.75, 3.05) is 17.3 Å². The second-order valence-electron chi connectivity index (χ2n) is 3.45. The molecule has 0 heterocycles. The highest BCUT2D eigenvalue weighted by Gasteiger charge is 2.06. The van der Waals surface area contributed by atoms with Crippen molar-refractivity contribution in [1.82, 2.24) is 0 Å². The summed E-state index contributed by atoms with van der Waals surface area (Å²) in [4.78, 5) is 11.3. The summed E-state index contributed by atoms with van der Waals surface area (Å²) in [6.07, 6.45) is 1.68. The van der Waals surface area contributed by atoms with E-state index in [1.807, 2.05) is 18.2 Å². The molecule has 0 bridgehead atoms. The van der Waals surface area contributed by atoms with Gasteiger partial charge in [0.25, 0.3) is 0 Å². The Hall–Kier alpha value is -0.550. The number of carbonyl (C=O) groups is 1. The van der Waals surface area contributed by atoms with Gasteiger partial charge in [0.2, 0.25) is 0 Å². The van der Waals surface area contributed by atoms with E-state index < -0.39 is 6.09 Å². The topological polar surface area (TPSA) is 38.3 Å². The quantitative estimate of drug-likeness (QED) is 0.789. The maximum atomic E-state index is 11.3. The van der Waals surface area contributed by atoms with Gasteiger partial charge >= 0.3 is 6.09 Å². The van der Waals surface area contributed by atoms with Gasteiger partial charge in [0.15, 0.2) is 0 Å². The molecule has 0 aliphatic carbocycles. The fourth-order valence-corrected chi connectivity index (χ4v) is 2.17. The van der Waals surface area contributed by atoms with Crippen LogP contribution >= 0.6 is 31.9 Å². The summed E-state index contributed by atoms with van der Waals surface area (Å²) in [7, 11) is 0. The first-order valence-electron chi connectivity index (χ1n) is 5.45. The van der Waals surface area contributed by atoms with Crippen molar-refractivity contribution >= 4 is 43.6 Å². The maximum Gasteiger partial charge on any atom is 0.411 e. The van der Waals surface area contributed by atoms with Crippen LogP contribution in [0.2, 0.25) is 0 Å². The summed E-state index contributed by atoms with van der Waals surface area (Å²) < 4.78 is 5.69. The van der Waals surface area contributed by atoms with Crippen LogP contribution in [0, 0.1) is 0 Å². The molecule has 94 valence electrons. The molecule has 0 aromatic heterocycles. The van der Waals surface area contributed by atoms with Crippen LogP contribution in [-0.2, 0) is 11.2 Å². The monoisotopic (exact) mass is 363 g/mol. The van der Waals surface area contributed by atoms with Crippen LogP contribution in [0.5, 0.6) is 0 Å². The molecule has 0 atom stereocenters. The Kier molecular flexibility index (Phi) is 6.58. The first kappa shape index (κ1) is 14.5. The van der Waals surface area contributed by atoms with Crippen molar-refractivity contribution in [3.05, 3.63) is 28.2 Å². The van der Waals surface area contributed by atoms with Crippen molar-refractivity contribution in [3.8, 4) is 0 Å². The first-order valence-corrected chi connectivity index (χ1v) is 7.37. The zero-order valence-electron chi connectivity index (χ0n) is 9.63. The molecule has 1 amide bonds. The number of hydrogen-bond donors (Lipinski definition) is 1.